The van der Waals surface area contributed by atoms with Crippen molar-refractivity contribution in [2.45, 2.75) is 13.0 Å². The first-order chi connectivity index (χ1) is 14.7. The van der Waals surface area contributed by atoms with Crippen molar-refractivity contribution in [3.63, 3.8) is 0 Å². The average Bonchev–Trinajstić information content (AvgIpc) is 3.17. The molecule has 4 rings (SSSR count). The number of thiophene rings is 1. The first kappa shape index (κ1) is 19.8. The molecule has 0 saturated heterocycles. The summed E-state index contributed by atoms with van der Waals surface area (Å²) in [7, 11) is 0. The van der Waals surface area contributed by atoms with Crippen LogP contribution in [-0.4, -0.2) is 17.1 Å². The lowest BCUT2D eigenvalue weighted by molar-refractivity contribution is -0.144. The Labute approximate surface area is 177 Å². The zero-order valence-corrected chi connectivity index (χ0v) is 16.8. The van der Waals surface area contributed by atoms with Crippen molar-refractivity contribution in [1.29, 1.82) is 0 Å². The highest BCUT2D eigenvalue weighted by molar-refractivity contribution is 7.21. The minimum atomic E-state index is -0.557. The summed E-state index contributed by atoms with van der Waals surface area (Å²) in [5.41, 5.74) is 5.07. The van der Waals surface area contributed by atoms with E-state index in [-0.39, 0.29) is 19.0 Å². The van der Waals surface area contributed by atoms with E-state index in [9.17, 15) is 9.59 Å². The topological polar surface area (TPSA) is 75.6 Å². The molecule has 1 heterocycles. The molecule has 0 atom stereocenters. The summed E-state index contributed by atoms with van der Waals surface area (Å²) in [6.45, 7) is 0.233. The molecule has 2 N–H and O–H groups in total. The largest absolute Gasteiger partial charge is 0.461 e. The maximum absolute atomic E-state index is 12.3. The summed E-state index contributed by atoms with van der Waals surface area (Å²) in [4.78, 5) is 25.0. The van der Waals surface area contributed by atoms with Gasteiger partial charge >= 0.3 is 5.97 Å². The summed E-state index contributed by atoms with van der Waals surface area (Å²) in [5, 5.41) is 10.0. The van der Waals surface area contributed by atoms with Gasteiger partial charge < -0.3 is 4.74 Å². The Hall–Kier alpha value is -3.48. The molecule has 6 heteroatoms. The van der Waals surface area contributed by atoms with Crippen LogP contribution < -0.4 is 5.48 Å². The van der Waals surface area contributed by atoms with Gasteiger partial charge in [0.25, 0.3) is 5.91 Å². The van der Waals surface area contributed by atoms with Gasteiger partial charge in [-0.15, -0.1) is 11.3 Å². The third-order valence-electron chi connectivity index (χ3n) is 4.71. The summed E-state index contributed by atoms with van der Waals surface area (Å²) >= 11 is 1.30. The first-order valence-electron chi connectivity index (χ1n) is 9.40. The maximum Gasteiger partial charge on any atom is 0.310 e. The highest BCUT2D eigenvalue weighted by Crippen LogP contribution is 2.39. The van der Waals surface area contributed by atoms with Gasteiger partial charge in [-0.25, -0.2) is 5.48 Å². The van der Waals surface area contributed by atoms with E-state index in [1.54, 1.807) is 5.48 Å². The molecule has 0 aliphatic heterocycles. The highest BCUT2D eigenvalue weighted by atomic mass is 32.1. The third kappa shape index (κ3) is 4.25. The smallest absolute Gasteiger partial charge is 0.310 e. The lowest BCUT2D eigenvalue weighted by atomic mass is 9.99. The van der Waals surface area contributed by atoms with E-state index in [1.807, 2.05) is 78.9 Å². The predicted molar refractivity (Wildman–Crippen MR) is 116 cm³/mol. The fourth-order valence-corrected chi connectivity index (χ4v) is 4.41. The summed E-state index contributed by atoms with van der Waals surface area (Å²) < 4.78 is 6.28. The molecule has 0 spiro atoms. The molecule has 4 aromatic rings. The van der Waals surface area contributed by atoms with Crippen molar-refractivity contribution in [1.82, 2.24) is 5.48 Å². The second-order valence-electron chi connectivity index (χ2n) is 6.77. The lowest BCUT2D eigenvalue weighted by Gasteiger charge is -2.07. The highest BCUT2D eigenvalue weighted by Gasteiger charge is 2.20. The molecule has 1 amide bonds. The monoisotopic (exact) mass is 417 g/mol. The molecule has 3 aromatic carbocycles. The third-order valence-corrected chi connectivity index (χ3v) is 5.88. The second kappa shape index (κ2) is 8.90. The van der Waals surface area contributed by atoms with E-state index in [0.29, 0.717) is 4.88 Å². The number of rotatable bonds is 6. The van der Waals surface area contributed by atoms with Gasteiger partial charge in [-0.3, -0.25) is 14.8 Å². The molecule has 0 aliphatic rings. The van der Waals surface area contributed by atoms with Crippen molar-refractivity contribution < 1.29 is 19.5 Å². The standard InChI is InChI=1S/C24H19NO4S/c26-21(29-15-16-7-3-1-4-8-16)14-17-11-12-20-19(13-17)22(18-9-5-2-6-10-18)23(30-20)24(27)25-28/h1-13,28H,14-15H2,(H,25,27). The molecule has 0 unspecified atom stereocenters. The second-order valence-corrected chi connectivity index (χ2v) is 7.82. The summed E-state index contributed by atoms with van der Waals surface area (Å²) in [6.07, 6.45) is 0.133. The molecule has 30 heavy (non-hydrogen) atoms. The van der Waals surface area contributed by atoms with Gasteiger partial charge in [-0.1, -0.05) is 66.7 Å². The normalized spacial score (nSPS) is 10.7. The Bertz CT molecular complexity index is 1190. The SMILES string of the molecule is O=C(Cc1ccc2sc(C(=O)NO)c(-c3ccccc3)c2c1)OCc1ccccc1. The molecular weight excluding hydrogens is 398 g/mol. The van der Waals surface area contributed by atoms with E-state index in [1.165, 1.54) is 11.3 Å². The van der Waals surface area contributed by atoms with E-state index in [2.05, 4.69) is 0 Å². The average molecular weight is 417 g/mol. The van der Waals surface area contributed by atoms with E-state index in [4.69, 9.17) is 9.94 Å². The quantitative estimate of drug-likeness (QED) is 0.264. The molecule has 0 radical (unpaired) electrons. The number of carbonyl (C=O) groups is 2. The van der Waals surface area contributed by atoms with Crippen LogP contribution in [0.25, 0.3) is 21.2 Å². The predicted octanol–water partition coefficient (Wildman–Crippen LogP) is 4.97. The zero-order valence-electron chi connectivity index (χ0n) is 16.0. The minimum absolute atomic E-state index is 0.133. The number of fused-ring (bicyclic) bond motifs is 1. The van der Waals surface area contributed by atoms with Crippen molar-refractivity contribution in [2.75, 3.05) is 0 Å². The molecule has 5 nitrogen and oxygen atoms in total. The van der Waals surface area contributed by atoms with Gasteiger partial charge in [0.1, 0.15) is 11.5 Å². The van der Waals surface area contributed by atoms with E-state index in [0.717, 1.165) is 32.3 Å². The van der Waals surface area contributed by atoms with Gasteiger partial charge in [0.05, 0.1) is 6.42 Å². The fourth-order valence-electron chi connectivity index (χ4n) is 3.31. The molecular formula is C24H19NO4S. The van der Waals surface area contributed by atoms with Gasteiger partial charge in [-0.05, 0) is 28.8 Å². The van der Waals surface area contributed by atoms with Crippen LogP contribution in [0.4, 0.5) is 0 Å². The van der Waals surface area contributed by atoms with Crippen molar-refractivity contribution in [2.24, 2.45) is 0 Å². The van der Waals surface area contributed by atoms with Crippen LogP contribution in [0.15, 0.2) is 78.9 Å². The summed E-state index contributed by atoms with van der Waals surface area (Å²) in [6, 6.07) is 24.7. The van der Waals surface area contributed by atoms with Crippen LogP contribution in [0.5, 0.6) is 0 Å². The number of hydroxylamine groups is 1. The number of ether oxygens (including phenoxy) is 1. The van der Waals surface area contributed by atoms with Crippen LogP contribution in [0.1, 0.15) is 20.8 Å². The Morgan fingerprint density at radius 1 is 0.900 bits per heavy atom. The number of hydrogen-bond donors (Lipinski definition) is 2. The molecule has 0 fully saturated rings. The van der Waals surface area contributed by atoms with Crippen LogP contribution in [0, 0.1) is 0 Å². The fraction of sp³-hybridized carbons (Fsp3) is 0.0833. The van der Waals surface area contributed by atoms with Gasteiger partial charge in [0.15, 0.2) is 0 Å². The Balaban J connectivity index is 1.63. The number of benzene rings is 3. The first-order valence-corrected chi connectivity index (χ1v) is 10.2. The van der Waals surface area contributed by atoms with Crippen molar-refractivity contribution in [3.8, 4) is 11.1 Å². The Kier molecular flexibility index (Phi) is 5.88. The number of hydrogen-bond acceptors (Lipinski definition) is 5. The molecule has 150 valence electrons. The van der Waals surface area contributed by atoms with Gasteiger partial charge in [-0.2, -0.15) is 0 Å². The van der Waals surface area contributed by atoms with Crippen LogP contribution >= 0.6 is 11.3 Å². The van der Waals surface area contributed by atoms with Crippen molar-refractivity contribution in [3.05, 3.63) is 94.9 Å². The molecule has 0 bridgehead atoms. The minimum Gasteiger partial charge on any atom is -0.461 e. The number of amides is 1. The Morgan fingerprint density at radius 2 is 1.60 bits per heavy atom. The molecule has 0 saturated carbocycles. The Morgan fingerprint density at radius 3 is 2.30 bits per heavy atom. The van der Waals surface area contributed by atoms with E-state index < -0.39 is 5.91 Å². The number of esters is 1. The maximum atomic E-state index is 12.3. The van der Waals surface area contributed by atoms with E-state index >= 15 is 0 Å². The van der Waals surface area contributed by atoms with Crippen LogP contribution in [-0.2, 0) is 22.6 Å². The number of nitrogens with one attached hydrogen (secondary N) is 1. The zero-order chi connectivity index (χ0) is 20.9. The van der Waals surface area contributed by atoms with Crippen LogP contribution in [0.3, 0.4) is 0 Å². The van der Waals surface area contributed by atoms with Crippen LogP contribution in [0.2, 0.25) is 0 Å². The van der Waals surface area contributed by atoms with Crippen molar-refractivity contribution >= 4 is 33.3 Å². The summed E-state index contributed by atoms with van der Waals surface area (Å²) in [5.74, 6) is -0.873. The van der Waals surface area contributed by atoms with Gasteiger partial charge in [0, 0.05) is 15.6 Å². The number of carbonyl (C=O) groups excluding carboxylic acids is 2. The molecule has 0 aliphatic carbocycles. The molecule has 1 aromatic heterocycles. The lowest BCUT2D eigenvalue weighted by Crippen LogP contribution is -2.17. The van der Waals surface area contributed by atoms with Gasteiger partial charge in [0.2, 0.25) is 0 Å².